The minimum absolute atomic E-state index is 0.0187. The molecule has 25 heavy (non-hydrogen) atoms. The van der Waals surface area contributed by atoms with Gasteiger partial charge in [-0.15, -0.1) is 0 Å². The van der Waals surface area contributed by atoms with E-state index < -0.39 is 6.04 Å². The Morgan fingerprint density at radius 1 is 1.12 bits per heavy atom. The maximum absolute atomic E-state index is 12.3. The van der Waals surface area contributed by atoms with E-state index in [0.717, 1.165) is 18.6 Å². The predicted molar refractivity (Wildman–Crippen MR) is 104 cm³/mol. The van der Waals surface area contributed by atoms with Gasteiger partial charge in [-0.05, 0) is 36.8 Å². The number of nitrogens with two attached hydrogens (primary N) is 1. The smallest absolute Gasteiger partial charge is 0.239 e. The summed E-state index contributed by atoms with van der Waals surface area (Å²) in [6.07, 6.45) is 5.07. The molecule has 2 amide bonds. The number of carbonyl (C=O) groups is 2. The zero-order valence-electron chi connectivity index (χ0n) is 15.0. The van der Waals surface area contributed by atoms with Crippen LogP contribution in [0.4, 0.5) is 0 Å². The van der Waals surface area contributed by atoms with Gasteiger partial charge < -0.3 is 15.5 Å². The third-order valence-corrected chi connectivity index (χ3v) is 5.24. The standard InChI is InChI=1S/C19H29N3O2S/c1-25-15-10-17(20)19(24)22-13-11-21(12-14-22)18(23)9-5-8-16-6-3-2-4-7-16/h2-4,6-7,17H,5,8-15,20H2,1H3/t17-/m0/s1. The Hall–Kier alpha value is -1.53. The summed E-state index contributed by atoms with van der Waals surface area (Å²) in [5.41, 5.74) is 7.23. The number of rotatable bonds is 8. The molecular formula is C19H29N3O2S. The van der Waals surface area contributed by atoms with Gasteiger partial charge in [-0.3, -0.25) is 9.59 Å². The minimum Gasteiger partial charge on any atom is -0.339 e. The lowest BCUT2D eigenvalue weighted by Gasteiger charge is -2.36. The zero-order chi connectivity index (χ0) is 18.1. The van der Waals surface area contributed by atoms with E-state index >= 15 is 0 Å². The van der Waals surface area contributed by atoms with Crippen LogP contribution in [0.5, 0.6) is 0 Å². The molecule has 0 aliphatic carbocycles. The van der Waals surface area contributed by atoms with Gasteiger partial charge in [0.2, 0.25) is 11.8 Å². The highest BCUT2D eigenvalue weighted by atomic mass is 32.2. The molecule has 0 unspecified atom stereocenters. The maximum Gasteiger partial charge on any atom is 0.239 e. The largest absolute Gasteiger partial charge is 0.339 e. The molecule has 1 heterocycles. The summed E-state index contributed by atoms with van der Waals surface area (Å²) in [4.78, 5) is 28.3. The molecule has 1 atom stereocenters. The van der Waals surface area contributed by atoms with Crippen LogP contribution in [-0.4, -0.2) is 65.8 Å². The lowest BCUT2D eigenvalue weighted by atomic mass is 10.1. The van der Waals surface area contributed by atoms with Crippen molar-refractivity contribution in [3.05, 3.63) is 35.9 Å². The summed E-state index contributed by atoms with van der Waals surface area (Å²) < 4.78 is 0. The average Bonchev–Trinajstić information content (AvgIpc) is 2.66. The van der Waals surface area contributed by atoms with Crippen molar-refractivity contribution in [3.8, 4) is 0 Å². The predicted octanol–water partition coefficient (Wildman–Crippen LogP) is 1.76. The fraction of sp³-hybridized carbons (Fsp3) is 0.579. The second kappa shape index (κ2) is 10.5. The molecule has 1 saturated heterocycles. The first kappa shape index (κ1) is 19.8. The molecule has 0 spiro atoms. The SMILES string of the molecule is CSCC[C@H](N)C(=O)N1CCN(C(=O)CCCc2ccccc2)CC1. The Balaban J connectivity index is 1.68. The van der Waals surface area contributed by atoms with Crippen LogP contribution < -0.4 is 5.73 Å². The average molecular weight is 364 g/mol. The van der Waals surface area contributed by atoms with Crippen molar-refractivity contribution in [3.63, 3.8) is 0 Å². The second-order valence-corrected chi connectivity index (χ2v) is 7.42. The number of benzene rings is 1. The number of carbonyl (C=O) groups excluding carboxylic acids is 2. The molecule has 1 aromatic rings. The van der Waals surface area contributed by atoms with Gasteiger partial charge in [0.15, 0.2) is 0 Å². The van der Waals surface area contributed by atoms with Crippen LogP contribution in [0.15, 0.2) is 30.3 Å². The first-order valence-corrected chi connectivity index (χ1v) is 10.4. The van der Waals surface area contributed by atoms with Gasteiger partial charge in [-0.25, -0.2) is 0 Å². The number of piperazine rings is 1. The third kappa shape index (κ3) is 6.36. The van der Waals surface area contributed by atoms with Crippen molar-refractivity contribution in [1.82, 2.24) is 9.80 Å². The molecule has 138 valence electrons. The molecule has 5 nitrogen and oxygen atoms in total. The molecule has 6 heteroatoms. The van der Waals surface area contributed by atoms with Crippen molar-refractivity contribution in [2.45, 2.75) is 31.7 Å². The highest BCUT2D eigenvalue weighted by Gasteiger charge is 2.26. The van der Waals surface area contributed by atoms with Crippen LogP contribution in [-0.2, 0) is 16.0 Å². The highest BCUT2D eigenvalue weighted by molar-refractivity contribution is 7.98. The summed E-state index contributed by atoms with van der Waals surface area (Å²) in [5.74, 6) is 1.10. The summed E-state index contributed by atoms with van der Waals surface area (Å²) in [5, 5.41) is 0. The van der Waals surface area contributed by atoms with Crippen LogP contribution in [0.1, 0.15) is 24.8 Å². The van der Waals surface area contributed by atoms with E-state index in [-0.39, 0.29) is 11.8 Å². The third-order valence-electron chi connectivity index (χ3n) is 4.59. The molecule has 0 bridgehead atoms. The molecule has 1 aromatic carbocycles. The molecule has 0 saturated carbocycles. The minimum atomic E-state index is -0.416. The zero-order valence-corrected chi connectivity index (χ0v) is 15.8. The number of amides is 2. The highest BCUT2D eigenvalue weighted by Crippen LogP contribution is 2.10. The number of hydrogen-bond acceptors (Lipinski definition) is 4. The normalized spacial score (nSPS) is 15.9. The Labute approximate surface area is 154 Å². The summed E-state index contributed by atoms with van der Waals surface area (Å²) in [7, 11) is 0. The quantitative estimate of drug-likeness (QED) is 0.764. The van der Waals surface area contributed by atoms with Crippen LogP contribution in [0.3, 0.4) is 0 Å². The van der Waals surface area contributed by atoms with Gasteiger partial charge in [0.1, 0.15) is 0 Å². The van der Waals surface area contributed by atoms with E-state index in [1.165, 1.54) is 5.56 Å². The Morgan fingerprint density at radius 2 is 1.76 bits per heavy atom. The molecule has 0 radical (unpaired) electrons. The molecular weight excluding hydrogens is 334 g/mol. The Morgan fingerprint density at radius 3 is 2.40 bits per heavy atom. The van der Waals surface area contributed by atoms with Crippen LogP contribution in [0, 0.1) is 0 Å². The van der Waals surface area contributed by atoms with E-state index in [2.05, 4.69) is 12.1 Å². The molecule has 1 aliphatic rings. The molecule has 2 N–H and O–H groups in total. The van der Waals surface area contributed by atoms with Gasteiger partial charge in [-0.1, -0.05) is 30.3 Å². The van der Waals surface area contributed by atoms with E-state index in [1.807, 2.05) is 29.4 Å². The maximum atomic E-state index is 12.3. The molecule has 1 aliphatic heterocycles. The van der Waals surface area contributed by atoms with Crippen molar-refractivity contribution in [1.29, 1.82) is 0 Å². The molecule has 1 fully saturated rings. The van der Waals surface area contributed by atoms with Crippen molar-refractivity contribution < 1.29 is 9.59 Å². The van der Waals surface area contributed by atoms with Gasteiger partial charge >= 0.3 is 0 Å². The Kier molecular flexibility index (Phi) is 8.28. The van der Waals surface area contributed by atoms with Crippen LogP contribution >= 0.6 is 11.8 Å². The Bertz CT molecular complexity index is 545. The van der Waals surface area contributed by atoms with Gasteiger partial charge in [0.05, 0.1) is 6.04 Å². The van der Waals surface area contributed by atoms with E-state index in [4.69, 9.17) is 5.73 Å². The van der Waals surface area contributed by atoms with Gasteiger partial charge in [0.25, 0.3) is 0 Å². The fourth-order valence-corrected chi connectivity index (χ4v) is 3.52. The van der Waals surface area contributed by atoms with Crippen LogP contribution in [0.2, 0.25) is 0 Å². The van der Waals surface area contributed by atoms with E-state index in [9.17, 15) is 9.59 Å². The number of nitrogens with zero attached hydrogens (tertiary/aromatic N) is 2. The van der Waals surface area contributed by atoms with Gasteiger partial charge in [0, 0.05) is 32.6 Å². The van der Waals surface area contributed by atoms with Gasteiger partial charge in [-0.2, -0.15) is 11.8 Å². The summed E-state index contributed by atoms with van der Waals surface area (Å²) in [6.45, 7) is 2.42. The fourth-order valence-electron chi connectivity index (χ4n) is 3.03. The molecule has 0 aromatic heterocycles. The molecule has 2 rings (SSSR count). The first-order chi connectivity index (χ1) is 12.1. The topological polar surface area (TPSA) is 66.6 Å². The van der Waals surface area contributed by atoms with Crippen LogP contribution in [0.25, 0.3) is 0 Å². The van der Waals surface area contributed by atoms with E-state index in [0.29, 0.717) is 39.0 Å². The summed E-state index contributed by atoms with van der Waals surface area (Å²) in [6, 6.07) is 9.82. The first-order valence-electron chi connectivity index (χ1n) is 8.97. The number of aryl methyl sites for hydroxylation is 1. The second-order valence-electron chi connectivity index (χ2n) is 6.43. The number of thioether (sulfide) groups is 1. The lowest BCUT2D eigenvalue weighted by Crippen LogP contribution is -2.54. The number of hydrogen-bond donors (Lipinski definition) is 1. The van der Waals surface area contributed by atoms with Crippen molar-refractivity contribution >= 4 is 23.6 Å². The van der Waals surface area contributed by atoms with E-state index in [1.54, 1.807) is 16.7 Å². The summed E-state index contributed by atoms with van der Waals surface area (Å²) >= 11 is 1.70. The van der Waals surface area contributed by atoms with Crippen molar-refractivity contribution in [2.24, 2.45) is 5.73 Å². The lowest BCUT2D eigenvalue weighted by molar-refractivity contribution is -0.140. The van der Waals surface area contributed by atoms with Crippen molar-refractivity contribution in [2.75, 3.05) is 38.2 Å². The monoisotopic (exact) mass is 363 g/mol.